The Balaban J connectivity index is 1.25. The van der Waals surface area contributed by atoms with Gasteiger partial charge in [-0.25, -0.2) is 9.97 Å². The van der Waals surface area contributed by atoms with E-state index < -0.39 is 0 Å². The van der Waals surface area contributed by atoms with Crippen molar-refractivity contribution in [3.05, 3.63) is 70.6 Å². The zero-order valence-corrected chi connectivity index (χ0v) is 18.8. The number of nitrogens with one attached hydrogen (secondary N) is 1. The van der Waals surface area contributed by atoms with Crippen LogP contribution in [0.15, 0.2) is 59.5 Å². The Kier molecular flexibility index (Phi) is 5.46. The fraction of sp³-hybridized carbons (Fsp3) is 0.261. The summed E-state index contributed by atoms with van der Waals surface area (Å²) in [7, 11) is 0. The quantitative estimate of drug-likeness (QED) is 0.460. The predicted molar refractivity (Wildman–Crippen MR) is 126 cm³/mol. The highest BCUT2D eigenvalue weighted by Gasteiger charge is 2.22. The molecule has 0 saturated carbocycles. The maximum atomic E-state index is 6.05. The van der Waals surface area contributed by atoms with Crippen molar-refractivity contribution in [3.63, 3.8) is 0 Å². The number of aryl methyl sites for hydroxylation is 1. The molecule has 0 atom stereocenters. The Morgan fingerprint density at radius 3 is 2.65 bits per heavy atom. The van der Waals surface area contributed by atoms with E-state index in [1.807, 2.05) is 6.07 Å². The summed E-state index contributed by atoms with van der Waals surface area (Å²) in [6.45, 7) is 6.23. The standard InChI is InChI=1S/C23H23BrN6O/c1-16-4-2-5-17(12-16)14-31-19-7-3-6-18(13-19)29-8-10-30(11-9-29)23-20-21(24)27-28-22(20)25-15-26-23/h2-7,12-13,15H,8-11,14H2,1H3,(H,25,26,27,28). The maximum Gasteiger partial charge on any atom is 0.161 e. The van der Waals surface area contributed by atoms with Crippen molar-refractivity contribution in [3.8, 4) is 5.75 Å². The molecule has 0 radical (unpaired) electrons. The molecule has 0 bridgehead atoms. The van der Waals surface area contributed by atoms with Crippen LogP contribution in [-0.4, -0.2) is 46.3 Å². The Morgan fingerprint density at radius 1 is 1.00 bits per heavy atom. The van der Waals surface area contributed by atoms with Crippen molar-refractivity contribution in [2.24, 2.45) is 0 Å². The van der Waals surface area contributed by atoms with Crippen LogP contribution < -0.4 is 14.5 Å². The summed E-state index contributed by atoms with van der Waals surface area (Å²) in [5.41, 5.74) is 4.35. The lowest BCUT2D eigenvalue weighted by atomic mass is 10.1. The normalized spacial score (nSPS) is 14.3. The van der Waals surface area contributed by atoms with Gasteiger partial charge in [0, 0.05) is 37.9 Å². The number of nitrogens with zero attached hydrogens (tertiary/aromatic N) is 5. The summed E-state index contributed by atoms with van der Waals surface area (Å²) in [5.74, 6) is 1.81. The lowest BCUT2D eigenvalue weighted by molar-refractivity contribution is 0.306. The summed E-state index contributed by atoms with van der Waals surface area (Å²) in [6, 6.07) is 16.8. The minimum atomic E-state index is 0.572. The van der Waals surface area contributed by atoms with Gasteiger partial charge in [0.25, 0.3) is 0 Å². The van der Waals surface area contributed by atoms with Gasteiger partial charge in [-0.3, -0.25) is 5.10 Å². The minimum Gasteiger partial charge on any atom is -0.489 e. The smallest absolute Gasteiger partial charge is 0.161 e. The van der Waals surface area contributed by atoms with Crippen molar-refractivity contribution in [1.82, 2.24) is 20.2 Å². The van der Waals surface area contributed by atoms with E-state index >= 15 is 0 Å². The molecule has 1 saturated heterocycles. The number of benzene rings is 2. The molecule has 2 aromatic carbocycles. The van der Waals surface area contributed by atoms with Gasteiger partial charge in [0.15, 0.2) is 5.65 Å². The van der Waals surface area contributed by atoms with Crippen LogP contribution in [0.3, 0.4) is 0 Å². The van der Waals surface area contributed by atoms with E-state index in [0.29, 0.717) is 6.61 Å². The molecule has 1 N–H and O–H groups in total. The third-order valence-electron chi connectivity index (χ3n) is 5.54. The minimum absolute atomic E-state index is 0.572. The number of H-pyrrole nitrogens is 1. The third kappa shape index (κ3) is 4.20. The molecule has 7 nitrogen and oxygen atoms in total. The van der Waals surface area contributed by atoms with E-state index in [0.717, 1.165) is 53.4 Å². The number of rotatable bonds is 5. The zero-order valence-electron chi connectivity index (χ0n) is 17.3. The van der Waals surface area contributed by atoms with Gasteiger partial charge in [0.2, 0.25) is 0 Å². The topological polar surface area (TPSA) is 70.2 Å². The number of hydrogen-bond acceptors (Lipinski definition) is 6. The van der Waals surface area contributed by atoms with Crippen molar-refractivity contribution < 1.29 is 4.74 Å². The first-order valence-electron chi connectivity index (χ1n) is 10.3. The molecule has 0 spiro atoms. The van der Waals surface area contributed by atoms with Crippen molar-refractivity contribution >= 4 is 38.5 Å². The number of anilines is 2. The summed E-state index contributed by atoms with van der Waals surface area (Å²) in [4.78, 5) is 13.5. The highest BCUT2D eigenvalue weighted by atomic mass is 79.9. The van der Waals surface area contributed by atoms with Gasteiger partial charge >= 0.3 is 0 Å². The zero-order chi connectivity index (χ0) is 21.2. The molecule has 31 heavy (non-hydrogen) atoms. The molecule has 5 rings (SSSR count). The second kappa shape index (κ2) is 8.55. The number of ether oxygens (including phenoxy) is 1. The maximum absolute atomic E-state index is 6.05. The molecule has 0 amide bonds. The number of aromatic amines is 1. The summed E-state index contributed by atoms with van der Waals surface area (Å²) < 4.78 is 6.80. The van der Waals surface area contributed by atoms with Gasteiger partial charge in [-0.2, -0.15) is 5.10 Å². The van der Waals surface area contributed by atoms with Gasteiger partial charge in [-0.15, -0.1) is 0 Å². The lowest BCUT2D eigenvalue weighted by Crippen LogP contribution is -2.46. The van der Waals surface area contributed by atoms with Crippen molar-refractivity contribution in [2.45, 2.75) is 13.5 Å². The van der Waals surface area contributed by atoms with Gasteiger partial charge < -0.3 is 14.5 Å². The van der Waals surface area contributed by atoms with Crippen molar-refractivity contribution in [2.75, 3.05) is 36.0 Å². The van der Waals surface area contributed by atoms with Crippen LogP contribution in [-0.2, 0) is 6.61 Å². The van der Waals surface area contributed by atoms with Gasteiger partial charge in [0.05, 0.1) is 5.39 Å². The van der Waals surface area contributed by atoms with Crippen LogP contribution in [0.4, 0.5) is 11.5 Å². The van der Waals surface area contributed by atoms with Crippen LogP contribution in [0.1, 0.15) is 11.1 Å². The molecule has 0 aliphatic carbocycles. The summed E-state index contributed by atoms with van der Waals surface area (Å²) in [6.07, 6.45) is 1.59. The molecular weight excluding hydrogens is 456 g/mol. The van der Waals surface area contributed by atoms with Crippen LogP contribution in [0.5, 0.6) is 5.75 Å². The molecule has 8 heteroatoms. The Hall–Kier alpha value is -3.13. The van der Waals surface area contributed by atoms with Gasteiger partial charge in [-0.1, -0.05) is 35.9 Å². The molecule has 1 aliphatic rings. The molecule has 3 heterocycles. The van der Waals surface area contributed by atoms with E-state index in [1.54, 1.807) is 6.33 Å². The van der Waals surface area contributed by atoms with Crippen LogP contribution in [0, 0.1) is 6.92 Å². The molecule has 2 aromatic heterocycles. The average molecular weight is 479 g/mol. The van der Waals surface area contributed by atoms with E-state index in [2.05, 4.69) is 95.3 Å². The van der Waals surface area contributed by atoms with E-state index in [-0.39, 0.29) is 0 Å². The number of aromatic nitrogens is 4. The van der Waals surface area contributed by atoms with Crippen LogP contribution in [0.2, 0.25) is 0 Å². The average Bonchev–Trinajstić information content (AvgIpc) is 3.19. The fourth-order valence-electron chi connectivity index (χ4n) is 3.96. The second-order valence-corrected chi connectivity index (χ2v) is 8.44. The highest BCUT2D eigenvalue weighted by Crippen LogP contribution is 2.30. The molecule has 158 valence electrons. The number of fused-ring (bicyclic) bond motifs is 1. The molecule has 1 fully saturated rings. The SMILES string of the molecule is Cc1cccc(COc2cccc(N3CCN(c4ncnc5[nH]nc(Br)c45)CC3)c2)c1. The number of halogens is 1. The van der Waals surface area contributed by atoms with Crippen LogP contribution >= 0.6 is 15.9 Å². The Labute approximate surface area is 189 Å². The van der Waals surface area contributed by atoms with Gasteiger partial charge in [0.1, 0.15) is 29.1 Å². The fourth-order valence-corrected chi connectivity index (χ4v) is 4.42. The van der Waals surface area contributed by atoms with E-state index in [4.69, 9.17) is 4.74 Å². The largest absolute Gasteiger partial charge is 0.489 e. The van der Waals surface area contributed by atoms with Gasteiger partial charge in [-0.05, 0) is 40.5 Å². The summed E-state index contributed by atoms with van der Waals surface area (Å²) >= 11 is 3.50. The molecular formula is C23H23BrN6O. The monoisotopic (exact) mass is 478 g/mol. The Morgan fingerprint density at radius 2 is 1.81 bits per heavy atom. The Bertz CT molecular complexity index is 1200. The van der Waals surface area contributed by atoms with Crippen molar-refractivity contribution in [1.29, 1.82) is 0 Å². The molecule has 1 aliphatic heterocycles. The first-order valence-corrected chi connectivity index (χ1v) is 11.1. The second-order valence-electron chi connectivity index (χ2n) is 7.68. The molecule has 0 unspecified atom stereocenters. The molecule has 4 aromatic rings. The predicted octanol–water partition coefficient (Wildman–Crippen LogP) is 4.33. The van der Waals surface area contributed by atoms with E-state index in [1.165, 1.54) is 16.8 Å². The first kappa shape index (κ1) is 19.8. The van der Waals surface area contributed by atoms with Crippen LogP contribution in [0.25, 0.3) is 11.0 Å². The van der Waals surface area contributed by atoms with E-state index in [9.17, 15) is 0 Å². The first-order chi connectivity index (χ1) is 15.2. The number of hydrogen-bond donors (Lipinski definition) is 1. The summed E-state index contributed by atoms with van der Waals surface area (Å²) in [5, 5.41) is 8.07. The number of piperazine rings is 1. The third-order valence-corrected chi connectivity index (χ3v) is 6.12. The highest BCUT2D eigenvalue weighted by molar-refractivity contribution is 9.10. The lowest BCUT2D eigenvalue weighted by Gasteiger charge is -2.37.